The van der Waals surface area contributed by atoms with Gasteiger partial charge in [-0.2, -0.15) is 0 Å². The summed E-state index contributed by atoms with van der Waals surface area (Å²) in [7, 11) is 0. The van der Waals surface area contributed by atoms with E-state index in [2.05, 4.69) is 0 Å². The highest BCUT2D eigenvalue weighted by molar-refractivity contribution is 6.48. The normalized spacial score (nSPS) is 15.5. The molecule has 1 unspecified atom stereocenters. The van der Waals surface area contributed by atoms with E-state index in [1.54, 1.807) is 13.8 Å². The summed E-state index contributed by atoms with van der Waals surface area (Å²) in [5.74, 6) is -0.300. The van der Waals surface area contributed by atoms with Gasteiger partial charge in [0, 0.05) is 5.92 Å². The summed E-state index contributed by atoms with van der Waals surface area (Å²) in [6, 6.07) is 0. The van der Waals surface area contributed by atoms with E-state index in [-0.39, 0.29) is 5.92 Å². The predicted octanol–water partition coefficient (Wildman–Crippen LogP) is 2.02. The second-order valence-electron chi connectivity index (χ2n) is 1.88. The lowest BCUT2D eigenvalue weighted by Gasteiger charge is -2.15. The molecule has 0 aliphatic rings. The molecule has 8 heavy (non-hydrogen) atoms. The Labute approximate surface area is 59.0 Å². The van der Waals surface area contributed by atoms with E-state index in [1.807, 2.05) is 0 Å². The van der Waals surface area contributed by atoms with Crippen LogP contribution in [0.25, 0.3) is 0 Å². The first-order valence-electron chi connectivity index (χ1n) is 2.31. The third-order valence-corrected chi connectivity index (χ3v) is 1.69. The van der Waals surface area contributed by atoms with E-state index < -0.39 is 4.33 Å². The smallest absolute Gasteiger partial charge is 0.125 e. The Morgan fingerprint density at radius 1 is 1.62 bits per heavy atom. The van der Waals surface area contributed by atoms with Crippen molar-refractivity contribution in [2.24, 2.45) is 5.92 Å². The Hall–Kier alpha value is 0.250. The van der Waals surface area contributed by atoms with Crippen LogP contribution in [0.2, 0.25) is 0 Å². The molecule has 0 aliphatic heterocycles. The summed E-state index contributed by atoms with van der Waals surface area (Å²) in [6.07, 6.45) is 0.736. The van der Waals surface area contributed by atoms with Crippen molar-refractivity contribution >= 4 is 29.5 Å². The zero-order chi connectivity index (χ0) is 6.78. The van der Waals surface area contributed by atoms with Crippen LogP contribution in [-0.2, 0) is 4.79 Å². The summed E-state index contributed by atoms with van der Waals surface area (Å²) in [5, 5.41) is 0. The second-order valence-corrected chi connectivity index (χ2v) is 3.64. The zero-order valence-corrected chi connectivity index (χ0v) is 6.33. The van der Waals surface area contributed by atoms with Gasteiger partial charge in [-0.05, 0) is 6.92 Å². The van der Waals surface area contributed by atoms with Gasteiger partial charge in [0.2, 0.25) is 0 Å². The summed E-state index contributed by atoms with van der Waals surface area (Å²) in [6.45, 7) is 3.27. The van der Waals surface area contributed by atoms with E-state index in [0.29, 0.717) is 0 Å². The highest BCUT2D eigenvalue weighted by atomic mass is 35.5. The molecule has 0 saturated carbocycles. The number of carbonyl (C=O) groups is 1. The van der Waals surface area contributed by atoms with Crippen molar-refractivity contribution in [3.63, 3.8) is 0 Å². The second kappa shape index (κ2) is 2.70. The van der Waals surface area contributed by atoms with E-state index in [4.69, 9.17) is 23.2 Å². The number of carbonyl (C=O) groups excluding carboxylic acids is 1. The Bertz CT molecular complexity index is 84.9. The minimum atomic E-state index is -0.915. The fraction of sp³-hybridized carbons (Fsp3) is 0.800. The monoisotopic (exact) mass is 154 g/mol. The molecule has 0 aromatic rings. The third-order valence-electron chi connectivity index (χ3n) is 1.00. The standard InChI is InChI=1S/C5H8Cl2O/c1-4(3-8)5(2,6)7/h3-4H,1-2H3. The topological polar surface area (TPSA) is 17.1 Å². The summed E-state index contributed by atoms with van der Waals surface area (Å²) in [4.78, 5) is 9.98. The number of rotatable bonds is 2. The zero-order valence-electron chi connectivity index (χ0n) is 4.82. The fourth-order valence-corrected chi connectivity index (χ4v) is 0.222. The molecule has 0 amide bonds. The quantitative estimate of drug-likeness (QED) is 0.440. The number of halogens is 2. The van der Waals surface area contributed by atoms with Crippen LogP contribution in [0, 0.1) is 5.92 Å². The lowest BCUT2D eigenvalue weighted by molar-refractivity contribution is -0.110. The van der Waals surface area contributed by atoms with Gasteiger partial charge in [0.15, 0.2) is 0 Å². The minimum Gasteiger partial charge on any atom is -0.303 e. The maximum atomic E-state index is 9.98. The van der Waals surface area contributed by atoms with Crippen LogP contribution in [0.1, 0.15) is 13.8 Å². The van der Waals surface area contributed by atoms with E-state index >= 15 is 0 Å². The number of hydrogen-bond donors (Lipinski definition) is 0. The van der Waals surface area contributed by atoms with E-state index in [1.165, 1.54) is 0 Å². The molecule has 0 rings (SSSR count). The Morgan fingerprint density at radius 2 is 2.00 bits per heavy atom. The molecule has 3 heteroatoms. The molecule has 0 aromatic heterocycles. The molecule has 0 aromatic carbocycles. The molecular weight excluding hydrogens is 147 g/mol. The number of hydrogen-bond acceptors (Lipinski definition) is 1. The first-order valence-corrected chi connectivity index (χ1v) is 3.07. The van der Waals surface area contributed by atoms with Crippen LogP contribution in [-0.4, -0.2) is 10.6 Å². The maximum absolute atomic E-state index is 9.98. The average Bonchev–Trinajstić information content (AvgIpc) is 1.62. The van der Waals surface area contributed by atoms with Crippen molar-refractivity contribution in [1.82, 2.24) is 0 Å². The molecule has 0 radical (unpaired) electrons. The first kappa shape index (κ1) is 8.25. The van der Waals surface area contributed by atoms with Crippen LogP contribution >= 0.6 is 23.2 Å². The molecule has 48 valence electrons. The Balaban J connectivity index is 3.80. The Kier molecular flexibility index (Phi) is 2.78. The van der Waals surface area contributed by atoms with Crippen molar-refractivity contribution in [2.75, 3.05) is 0 Å². The molecule has 0 N–H and O–H groups in total. The van der Waals surface area contributed by atoms with E-state index in [0.717, 1.165) is 6.29 Å². The van der Waals surface area contributed by atoms with Gasteiger partial charge in [0.05, 0.1) is 0 Å². The van der Waals surface area contributed by atoms with Crippen LogP contribution in [0.4, 0.5) is 0 Å². The van der Waals surface area contributed by atoms with Crippen LogP contribution in [0.3, 0.4) is 0 Å². The lowest BCUT2D eigenvalue weighted by Crippen LogP contribution is -2.19. The predicted molar refractivity (Wildman–Crippen MR) is 35.3 cm³/mol. The summed E-state index contributed by atoms with van der Waals surface area (Å²) < 4.78 is -0.915. The molecule has 1 nitrogen and oxygen atoms in total. The van der Waals surface area contributed by atoms with Crippen molar-refractivity contribution < 1.29 is 4.79 Å². The maximum Gasteiger partial charge on any atom is 0.125 e. The summed E-state index contributed by atoms with van der Waals surface area (Å²) in [5.41, 5.74) is 0. The third kappa shape index (κ3) is 2.53. The van der Waals surface area contributed by atoms with Crippen molar-refractivity contribution in [1.29, 1.82) is 0 Å². The van der Waals surface area contributed by atoms with Crippen molar-refractivity contribution in [3.05, 3.63) is 0 Å². The fourth-order valence-electron chi connectivity index (χ4n) is 0.119. The highest BCUT2D eigenvalue weighted by Gasteiger charge is 2.24. The molecule has 0 aliphatic carbocycles. The molecular formula is C5H8Cl2O. The van der Waals surface area contributed by atoms with Crippen LogP contribution in [0.15, 0.2) is 0 Å². The van der Waals surface area contributed by atoms with Gasteiger partial charge in [-0.3, -0.25) is 0 Å². The molecule has 0 heterocycles. The van der Waals surface area contributed by atoms with Gasteiger partial charge in [0.1, 0.15) is 10.6 Å². The van der Waals surface area contributed by atoms with Gasteiger partial charge in [-0.1, -0.05) is 6.92 Å². The van der Waals surface area contributed by atoms with Gasteiger partial charge in [0.25, 0.3) is 0 Å². The molecule has 0 saturated heterocycles. The van der Waals surface area contributed by atoms with Gasteiger partial charge in [-0.15, -0.1) is 23.2 Å². The lowest BCUT2D eigenvalue weighted by atomic mass is 10.1. The SMILES string of the molecule is CC(C=O)C(C)(Cl)Cl. The van der Waals surface area contributed by atoms with Gasteiger partial charge < -0.3 is 4.79 Å². The number of aldehydes is 1. The molecule has 0 spiro atoms. The highest BCUT2D eigenvalue weighted by Crippen LogP contribution is 2.27. The largest absolute Gasteiger partial charge is 0.303 e. The molecule has 1 atom stereocenters. The van der Waals surface area contributed by atoms with Crippen LogP contribution in [0.5, 0.6) is 0 Å². The Morgan fingerprint density at radius 3 is 2.00 bits per heavy atom. The van der Waals surface area contributed by atoms with Crippen LogP contribution < -0.4 is 0 Å². The summed E-state index contributed by atoms with van der Waals surface area (Å²) >= 11 is 11.0. The van der Waals surface area contributed by atoms with Crippen molar-refractivity contribution in [3.8, 4) is 0 Å². The minimum absolute atomic E-state index is 0.300. The average molecular weight is 155 g/mol. The first-order chi connectivity index (χ1) is 3.48. The van der Waals surface area contributed by atoms with Gasteiger partial charge in [-0.25, -0.2) is 0 Å². The van der Waals surface area contributed by atoms with Crippen molar-refractivity contribution in [2.45, 2.75) is 18.2 Å². The van der Waals surface area contributed by atoms with E-state index in [9.17, 15) is 4.79 Å². The molecule has 0 fully saturated rings. The van der Waals surface area contributed by atoms with Gasteiger partial charge >= 0.3 is 0 Å². The number of alkyl halides is 2. The molecule has 0 bridgehead atoms.